The van der Waals surface area contributed by atoms with Crippen LogP contribution < -0.4 is 14.8 Å². The highest BCUT2D eigenvalue weighted by atomic mass is 32.2. The van der Waals surface area contributed by atoms with Crippen molar-refractivity contribution in [3.63, 3.8) is 0 Å². The van der Waals surface area contributed by atoms with Crippen LogP contribution in [0.1, 0.15) is 5.69 Å². The molecular formula is C18H16FN5O5S2. The van der Waals surface area contributed by atoms with Gasteiger partial charge in [-0.2, -0.15) is 0 Å². The number of benzene rings is 2. The second-order valence-electron chi connectivity index (χ2n) is 6.17. The average molecular weight is 465 g/mol. The molecule has 162 valence electrons. The minimum atomic E-state index is -4.21. The number of carbonyl (C=O) groups is 1. The first-order chi connectivity index (χ1) is 14.5. The minimum Gasteiger partial charge on any atom is -0.307 e. The zero-order chi connectivity index (χ0) is 22.6. The van der Waals surface area contributed by atoms with E-state index >= 15 is 0 Å². The van der Waals surface area contributed by atoms with E-state index in [1.807, 2.05) is 0 Å². The van der Waals surface area contributed by atoms with E-state index in [1.165, 1.54) is 30.5 Å². The Morgan fingerprint density at radius 2 is 1.45 bits per heavy atom. The summed E-state index contributed by atoms with van der Waals surface area (Å²) in [5.74, 6) is -0.713. The van der Waals surface area contributed by atoms with Crippen molar-refractivity contribution in [1.82, 2.24) is 14.7 Å². The number of carbonyl (C=O) groups excluding carboxylic acids is 1. The van der Waals surface area contributed by atoms with E-state index < -0.39 is 31.9 Å². The second-order valence-corrected chi connectivity index (χ2v) is 9.53. The molecule has 2 amide bonds. The monoisotopic (exact) mass is 465 g/mol. The number of hydrogen-bond acceptors (Lipinski definition) is 7. The fourth-order valence-corrected chi connectivity index (χ4v) is 4.20. The fraction of sp³-hybridized carbons (Fsp3) is 0.0556. The molecule has 0 unspecified atom stereocenters. The Morgan fingerprint density at radius 3 is 2.06 bits per heavy atom. The predicted octanol–water partition coefficient (Wildman–Crippen LogP) is 2.24. The van der Waals surface area contributed by atoms with Gasteiger partial charge in [-0.1, -0.05) is 0 Å². The maximum absolute atomic E-state index is 12.9. The summed E-state index contributed by atoms with van der Waals surface area (Å²) in [6.45, 7) is 1.68. The van der Waals surface area contributed by atoms with E-state index in [0.29, 0.717) is 5.69 Å². The molecule has 13 heteroatoms. The van der Waals surface area contributed by atoms with E-state index in [9.17, 15) is 26.0 Å². The lowest BCUT2D eigenvalue weighted by atomic mass is 10.3. The molecule has 0 fully saturated rings. The van der Waals surface area contributed by atoms with Crippen LogP contribution in [0.5, 0.6) is 0 Å². The number of anilines is 2. The summed E-state index contributed by atoms with van der Waals surface area (Å²) in [6.07, 6.45) is 1.41. The van der Waals surface area contributed by atoms with E-state index in [-0.39, 0.29) is 21.4 Å². The second kappa shape index (κ2) is 8.65. The highest BCUT2D eigenvalue weighted by molar-refractivity contribution is 7.92. The van der Waals surface area contributed by atoms with Crippen LogP contribution in [0.3, 0.4) is 0 Å². The number of aromatic nitrogens is 2. The molecule has 10 nitrogen and oxygen atoms in total. The SMILES string of the molecule is Cc1ccnc(NS(=O)(=O)c2ccc(NC(=O)NS(=O)(=O)c3ccc(F)cc3)cc2)n1. The normalized spacial score (nSPS) is 11.5. The summed E-state index contributed by atoms with van der Waals surface area (Å²) < 4.78 is 66.0. The van der Waals surface area contributed by atoms with Gasteiger partial charge in [-0.25, -0.2) is 45.4 Å². The Hall–Kier alpha value is -3.58. The van der Waals surface area contributed by atoms with Crippen molar-refractivity contribution in [2.24, 2.45) is 0 Å². The van der Waals surface area contributed by atoms with Crippen LogP contribution in [0.15, 0.2) is 70.6 Å². The third-order valence-electron chi connectivity index (χ3n) is 3.79. The first kappa shape index (κ1) is 22.1. The summed E-state index contributed by atoms with van der Waals surface area (Å²) in [4.78, 5) is 19.4. The maximum Gasteiger partial charge on any atom is 0.333 e. The van der Waals surface area contributed by atoms with Gasteiger partial charge in [0.1, 0.15) is 5.82 Å². The van der Waals surface area contributed by atoms with Gasteiger partial charge in [-0.3, -0.25) is 0 Å². The van der Waals surface area contributed by atoms with Gasteiger partial charge in [0.2, 0.25) is 5.95 Å². The number of rotatable bonds is 6. The lowest BCUT2D eigenvalue weighted by Crippen LogP contribution is -2.34. The third kappa shape index (κ3) is 5.73. The summed E-state index contributed by atoms with van der Waals surface area (Å²) in [7, 11) is -8.19. The number of hydrogen-bond donors (Lipinski definition) is 3. The summed E-state index contributed by atoms with van der Waals surface area (Å²) in [6, 6.07) is 9.41. The van der Waals surface area contributed by atoms with Gasteiger partial charge in [0.25, 0.3) is 20.0 Å². The van der Waals surface area contributed by atoms with E-state index in [4.69, 9.17) is 0 Å². The molecule has 3 N–H and O–H groups in total. The van der Waals surface area contributed by atoms with E-state index in [0.717, 1.165) is 24.3 Å². The Balaban J connectivity index is 1.67. The molecule has 1 aromatic heterocycles. The minimum absolute atomic E-state index is 0.0902. The Morgan fingerprint density at radius 1 is 0.871 bits per heavy atom. The summed E-state index contributed by atoms with van der Waals surface area (Å²) >= 11 is 0. The number of halogens is 1. The lowest BCUT2D eigenvalue weighted by molar-refractivity contribution is 0.256. The number of amides is 2. The average Bonchev–Trinajstić information content (AvgIpc) is 2.68. The molecule has 0 bridgehead atoms. The quantitative estimate of drug-likeness (QED) is 0.506. The summed E-state index contributed by atoms with van der Waals surface area (Å²) in [5, 5.41) is 2.27. The highest BCUT2D eigenvalue weighted by Gasteiger charge is 2.19. The van der Waals surface area contributed by atoms with Crippen molar-refractivity contribution >= 4 is 37.7 Å². The fourth-order valence-electron chi connectivity index (χ4n) is 2.35. The van der Waals surface area contributed by atoms with E-state index in [1.54, 1.807) is 17.7 Å². The number of aryl methyl sites for hydroxylation is 1. The van der Waals surface area contributed by atoms with Crippen LogP contribution in [0.4, 0.5) is 20.8 Å². The zero-order valence-electron chi connectivity index (χ0n) is 15.9. The molecule has 3 aromatic rings. The van der Waals surface area contributed by atoms with Crippen LogP contribution >= 0.6 is 0 Å². The molecule has 1 heterocycles. The molecule has 0 spiro atoms. The molecular weight excluding hydrogens is 449 g/mol. The molecule has 0 saturated heterocycles. The largest absolute Gasteiger partial charge is 0.333 e. The predicted molar refractivity (Wildman–Crippen MR) is 110 cm³/mol. The highest BCUT2D eigenvalue weighted by Crippen LogP contribution is 2.17. The smallest absolute Gasteiger partial charge is 0.307 e. The van der Waals surface area contributed by atoms with Crippen LogP contribution in [-0.2, 0) is 20.0 Å². The first-order valence-electron chi connectivity index (χ1n) is 8.57. The van der Waals surface area contributed by atoms with Gasteiger partial charge in [0.15, 0.2) is 0 Å². The van der Waals surface area contributed by atoms with Crippen LogP contribution in [-0.4, -0.2) is 32.8 Å². The van der Waals surface area contributed by atoms with Crippen LogP contribution in [0.25, 0.3) is 0 Å². The summed E-state index contributed by atoms with van der Waals surface area (Å²) in [5.41, 5.74) is 0.714. The molecule has 3 rings (SSSR count). The van der Waals surface area contributed by atoms with Gasteiger partial charge < -0.3 is 5.32 Å². The molecule has 2 aromatic carbocycles. The van der Waals surface area contributed by atoms with E-state index in [2.05, 4.69) is 20.0 Å². The molecule has 0 atom stereocenters. The lowest BCUT2D eigenvalue weighted by Gasteiger charge is -2.10. The molecule has 31 heavy (non-hydrogen) atoms. The maximum atomic E-state index is 12.9. The number of urea groups is 1. The van der Waals surface area contributed by atoms with Crippen molar-refractivity contribution in [1.29, 1.82) is 0 Å². The van der Waals surface area contributed by atoms with Crippen molar-refractivity contribution in [2.45, 2.75) is 16.7 Å². The molecule has 0 aliphatic carbocycles. The van der Waals surface area contributed by atoms with Crippen molar-refractivity contribution in [3.05, 3.63) is 72.3 Å². The van der Waals surface area contributed by atoms with Crippen LogP contribution in [0.2, 0.25) is 0 Å². The standard InChI is InChI=1S/C18H16FN5O5S2/c1-12-10-11-20-17(21-12)23-30(26,27)16-8-4-14(5-9-16)22-18(25)24-31(28,29)15-6-2-13(19)3-7-15/h2-11H,1H3,(H,20,21,23)(H2,22,24,25). The van der Waals surface area contributed by atoms with Crippen LogP contribution in [0, 0.1) is 12.7 Å². The van der Waals surface area contributed by atoms with Crippen molar-refractivity contribution < 1.29 is 26.0 Å². The third-order valence-corrected chi connectivity index (χ3v) is 6.48. The van der Waals surface area contributed by atoms with Crippen molar-refractivity contribution in [3.8, 4) is 0 Å². The molecule has 0 aliphatic heterocycles. The van der Waals surface area contributed by atoms with Gasteiger partial charge >= 0.3 is 6.03 Å². The number of nitrogens with one attached hydrogen (secondary N) is 3. The Bertz CT molecular complexity index is 1310. The van der Waals surface area contributed by atoms with Gasteiger partial charge in [0, 0.05) is 17.6 Å². The molecule has 0 saturated carbocycles. The zero-order valence-corrected chi connectivity index (χ0v) is 17.5. The Labute approximate surface area is 177 Å². The molecule has 0 radical (unpaired) electrons. The number of nitrogens with zero attached hydrogens (tertiary/aromatic N) is 2. The van der Waals surface area contributed by atoms with Gasteiger partial charge in [0.05, 0.1) is 9.79 Å². The van der Waals surface area contributed by atoms with Gasteiger partial charge in [-0.15, -0.1) is 0 Å². The Kier molecular flexibility index (Phi) is 6.17. The number of sulfonamides is 2. The first-order valence-corrected chi connectivity index (χ1v) is 11.5. The molecule has 0 aliphatic rings. The van der Waals surface area contributed by atoms with Crippen molar-refractivity contribution in [2.75, 3.05) is 10.0 Å². The van der Waals surface area contributed by atoms with Gasteiger partial charge in [-0.05, 0) is 61.5 Å². The topological polar surface area (TPSA) is 147 Å².